The van der Waals surface area contributed by atoms with Gasteiger partial charge in [0.1, 0.15) is 0 Å². The minimum absolute atomic E-state index is 0.00981. The summed E-state index contributed by atoms with van der Waals surface area (Å²) < 4.78 is 4.56. The van der Waals surface area contributed by atoms with E-state index in [4.69, 9.17) is 0 Å². The molecule has 0 spiro atoms. The van der Waals surface area contributed by atoms with Gasteiger partial charge >= 0.3 is 5.97 Å². The van der Waals surface area contributed by atoms with Crippen LogP contribution in [0.25, 0.3) is 0 Å². The highest BCUT2D eigenvalue weighted by atomic mass is 16.5. The van der Waals surface area contributed by atoms with Crippen molar-refractivity contribution in [2.75, 3.05) is 30.4 Å². The monoisotopic (exact) mass is 264 g/mol. The number of fused-ring (bicyclic) bond motifs is 1. The zero-order chi connectivity index (χ0) is 14.0. The Bertz CT molecular complexity index is 513. The number of aliphatic hydroxyl groups is 1. The van der Waals surface area contributed by atoms with Gasteiger partial charge in [0.15, 0.2) is 5.60 Å². The van der Waals surface area contributed by atoms with E-state index in [-0.39, 0.29) is 19.0 Å². The van der Waals surface area contributed by atoms with Gasteiger partial charge in [0.05, 0.1) is 31.6 Å². The maximum atomic E-state index is 11.6. The Hall–Kier alpha value is -2.08. The average molecular weight is 264 g/mol. The Morgan fingerprint density at radius 3 is 2.89 bits per heavy atom. The fourth-order valence-corrected chi connectivity index (χ4v) is 2.10. The number of anilines is 2. The molecule has 1 unspecified atom stereocenters. The summed E-state index contributed by atoms with van der Waals surface area (Å²) in [5.41, 5.74) is -0.231. The third-order valence-electron chi connectivity index (χ3n) is 2.98. The molecule has 6 heteroatoms. The molecule has 0 aromatic heterocycles. The zero-order valence-corrected chi connectivity index (χ0v) is 10.8. The highest BCUT2D eigenvalue weighted by Gasteiger charge is 2.36. The molecule has 0 fully saturated rings. The number of amides is 1. The maximum Gasteiger partial charge on any atom is 0.339 e. The van der Waals surface area contributed by atoms with Crippen LogP contribution >= 0.6 is 0 Å². The third kappa shape index (κ3) is 2.68. The molecule has 0 saturated heterocycles. The molecule has 0 saturated carbocycles. The Labute approximate surface area is 111 Å². The molecule has 1 heterocycles. The lowest BCUT2D eigenvalue weighted by molar-refractivity contribution is -0.159. The topological polar surface area (TPSA) is 78.9 Å². The molecule has 0 aliphatic carbocycles. The number of nitrogens with one attached hydrogen (secondary N) is 1. The van der Waals surface area contributed by atoms with Crippen LogP contribution in [-0.2, 0) is 14.3 Å². The van der Waals surface area contributed by atoms with Gasteiger partial charge in [-0.2, -0.15) is 0 Å². The molecule has 102 valence electrons. The summed E-state index contributed by atoms with van der Waals surface area (Å²) in [4.78, 5) is 24.8. The first-order valence-corrected chi connectivity index (χ1v) is 5.88. The summed E-state index contributed by atoms with van der Waals surface area (Å²) >= 11 is 0. The van der Waals surface area contributed by atoms with Gasteiger partial charge in [-0.05, 0) is 19.1 Å². The molecule has 0 radical (unpaired) electrons. The van der Waals surface area contributed by atoms with E-state index in [1.165, 1.54) is 14.0 Å². The van der Waals surface area contributed by atoms with Crippen LogP contribution in [0, 0.1) is 0 Å². The van der Waals surface area contributed by atoms with Crippen LogP contribution in [0.3, 0.4) is 0 Å². The molecule has 1 aromatic carbocycles. The van der Waals surface area contributed by atoms with Crippen molar-refractivity contribution in [1.29, 1.82) is 0 Å². The van der Waals surface area contributed by atoms with Gasteiger partial charge in [0.25, 0.3) is 0 Å². The Balaban J connectivity index is 2.26. The molecule has 1 amide bonds. The standard InChI is InChI=1S/C13H16N2O4/c1-13(18,12(17)19-2)8-15-7-11(16)14-9-5-3-4-6-10(9)15/h3-6,18H,7-8H2,1-2H3,(H,14,16). The molecule has 19 heavy (non-hydrogen) atoms. The number of benzene rings is 1. The largest absolute Gasteiger partial charge is 0.467 e. The van der Waals surface area contributed by atoms with Crippen LogP contribution < -0.4 is 10.2 Å². The molecular weight excluding hydrogens is 248 g/mol. The Kier molecular flexibility index (Phi) is 3.44. The second-order valence-electron chi connectivity index (χ2n) is 4.69. The van der Waals surface area contributed by atoms with Crippen LogP contribution in [0.5, 0.6) is 0 Å². The van der Waals surface area contributed by atoms with E-state index in [9.17, 15) is 14.7 Å². The van der Waals surface area contributed by atoms with Crippen LogP contribution in [0.4, 0.5) is 11.4 Å². The highest BCUT2D eigenvalue weighted by Crippen LogP contribution is 2.30. The fraction of sp³-hybridized carbons (Fsp3) is 0.385. The number of methoxy groups -OCH3 is 1. The summed E-state index contributed by atoms with van der Waals surface area (Å²) in [6, 6.07) is 7.23. The minimum Gasteiger partial charge on any atom is -0.467 e. The van der Waals surface area contributed by atoms with Crippen molar-refractivity contribution in [3.05, 3.63) is 24.3 Å². The lowest BCUT2D eigenvalue weighted by Crippen LogP contribution is -2.51. The normalized spacial score (nSPS) is 17.2. The number of nitrogens with zero attached hydrogens (tertiary/aromatic N) is 1. The first kappa shape index (κ1) is 13.4. The van der Waals surface area contributed by atoms with Gasteiger partial charge in [-0.1, -0.05) is 12.1 Å². The van der Waals surface area contributed by atoms with E-state index >= 15 is 0 Å². The molecule has 1 aliphatic rings. The quantitative estimate of drug-likeness (QED) is 0.771. The molecule has 1 aromatic rings. The molecule has 0 bridgehead atoms. The maximum absolute atomic E-state index is 11.6. The minimum atomic E-state index is -1.67. The number of rotatable bonds is 3. The van der Waals surface area contributed by atoms with E-state index in [0.717, 1.165) is 5.69 Å². The second kappa shape index (κ2) is 4.89. The molecular formula is C13H16N2O4. The smallest absolute Gasteiger partial charge is 0.339 e. The molecule has 6 nitrogen and oxygen atoms in total. The average Bonchev–Trinajstić information content (AvgIpc) is 2.37. The zero-order valence-electron chi connectivity index (χ0n) is 10.8. The number of β-amino-alcohol motifs (C(OH)–C–C–N with tert-alkyl or cyclic N) is 1. The second-order valence-corrected chi connectivity index (χ2v) is 4.69. The van der Waals surface area contributed by atoms with Gasteiger partial charge in [0, 0.05) is 0 Å². The predicted molar refractivity (Wildman–Crippen MR) is 69.9 cm³/mol. The number of hydrogen-bond donors (Lipinski definition) is 2. The third-order valence-corrected chi connectivity index (χ3v) is 2.98. The van der Waals surface area contributed by atoms with E-state index in [2.05, 4.69) is 10.1 Å². The van der Waals surface area contributed by atoms with Gasteiger partial charge in [-0.3, -0.25) is 4.79 Å². The summed E-state index contributed by atoms with van der Waals surface area (Å²) in [5, 5.41) is 12.8. The number of ether oxygens (including phenoxy) is 1. The summed E-state index contributed by atoms with van der Waals surface area (Å²) in [5.74, 6) is -0.907. The number of carbonyl (C=O) groups excluding carboxylic acids is 2. The molecule has 2 N–H and O–H groups in total. The first-order valence-electron chi connectivity index (χ1n) is 5.88. The number of hydrogen-bond acceptors (Lipinski definition) is 5. The fourth-order valence-electron chi connectivity index (χ4n) is 2.10. The van der Waals surface area contributed by atoms with Gasteiger partial charge < -0.3 is 20.1 Å². The van der Waals surface area contributed by atoms with Gasteiger partial charge in [0.2, 0.25) is 5.91 Å². The number of carbonyl (C=O) groups is 2. The van der Waals surface area contributed by atoms with Crippen molar-refractivity contribution in [3.63, 3.8) is 0 Å². The Morgan fingerprint density at radius 2 is 2.21 bits per heavy atom. The van der Waals surface area contributed by atoms with Crippen molar-refractivity contribution in [3.8, 4) is 0 Å². The van der Waals surface area contributed by atoms with Crippen molar-refractivity contribution in [2.45, 2.75) is 12.5 Å². The summed E-state index contributed by atoms with van der Waals surface area (Å²) in [7, 11) is 1.22. The van der Waals surface area contributed by atoms with E-state index in [1.807, 2.05) is 12.1 Å². The van der Waals surface area contributed by atoms with Crippen LogP contribution in [-0.4, -0.2) is 42.8 Å². The summed E-state index contributed by atoms with van der Waals surface area (Å²) in [6.07, 6.45) is 0. The van der Waals surface area contributed by atoms with Gasteiger partial charge in [-0.25, -0.2) is 4.79 Å². The van der Waals surface area contributed by atoms with Crippen molar-refractivity contribution < 1.29 is 19.4 Å². The predicted octanol–water partition coefficient (Wildman–Crippen LogP) is 0.369. The first-order chi connectivity index (χ1) is 8.94. The molecule has 1 aliphatic heterocycles. The Morgan fingerprint density at radius 1 is 1.53 bits per heavy atom. The highest BCUT2D eigenvalue weighted by molar-refractivity contribution is 6.01. The molecule has 1 atom stereocenters. The van der Waals surface area contributed by atoms with E-state index < -0.39 is 11.6 Å². The van der Waals surface area contributed by atoms with Crippen LogP contribution in [0.15, 0.2) is 24.3 Å². The number of para-hydroxylation sites is 2. The van der Waals surface area contributed by atoms with E-state index in [1.54, 1.807) is 17.0 Å². The van der Waals surface area contributed by atoms with Gasteiger partial charge in [-0.15, -0.1) is 0 Å². The van der Waals surface area contributed by atoms with Crippen molar-refractivity contribution in [1.82, 2.24) is 0 Å². The van der Waals surface area contributed by atoms with Crippen molar-refractivity contribution in [2.24, 2.45) is 0 Å². The van der Waals surface area contributed by atoms with Crippen molar-refractivity contribution >= 4 is 23.3 Å². The SMILES string of the molecule is COC(=O)C(C)(O)CN1CC(=O)Nc2ccccc21. The summed E-state index contributed by atoms with van der Waals surface area (Å²) in [6.45, 7) is 1.45. The van der Waals surface area contributed by atoms with E-state index in [0.29, 0.717) is 5.69 Å². The van der Waals surface area contributed by atoms with Crippen LogP contribution in [0.2, 0.25) is 0 Å². The lowest BCUT2D eigenvalue weighted by atomic mass is 10.1. The molecule has 2 rings (SSSR count). The number of esters is 1. The lowest BCUT2D eigenvalue weighted by Gasteiger charge is -2.34. The van der Waals surface area contributed by atoms with Crippen LogP contribution in [0.1, 0.15) is 6.92 Å².